The Hall–Kier alpha value is -2.37. The molecule has 0 unspecified atom stereocenters. The van der Waals surface area contributed by atoms with Gasteiger partial charge in [-0.15, -0.1) is 0 Å². The van der Waals surface area contributed by atoms with E-state index < -0.39 is 0 Å². The molecular weight excluding hydrogens is 254 g/mol. The predicted octanol–water partition coefficient (Wildman–Crippen LogP) is 2.18. The van der Waals surface area contributed by atoms with Crippen LogP contribution in [0.2, 0.25) is 0 Å². The Bertz CT molecular complexity index is 603. The summed E-state index contributed by atoms with van der Waals surface area (Å²) in [6, 6.07) is 3.76. The zero-order chi connectivity index (χ0) is 14.7. The molecule has 0 aliphatic heterocycles. The number of aromatic nitrogens is 3. The van der Waals surface area contributed by atoms with Crippen molar-refractivity contribution in [1.82, 2.24) is 14.8 Å². The molecule has 0 radical (unpaired) electrons. The summed E-state index contributed by atoms with van der Waals surface area (Å²) < 4.78 is 1.80. The molecule has 2 rings (SSSR count). The second kappa shape index (κ2) is 5.73. The van der Waals surface area contributed by atoms with Crippen LogP contribution in [0.5, 0.6) is 0 Å². The molecule has 0 aliphatic carbocycles. The summed E-state index contributed by atoms with van der Waals surface area (Å²) in [5.41, 5.74) is 1.21. The van der Waals surface area contributed by atoms with E-state index in [1.807, 2.05) is 39.0 Å². The van der Waals surface area contributed by atoms with Crippen LogP contribution < -0.4 is 10.2 Å². The molecule has 0 bridgehead atoms. The molecule has 0 fully saturated rings. The molecule has 0 spiro atoms. The molecule has 6 heteroatoms. The molecule has 1 N–H and O–H groups in total. The highest BCUT2D eigenvalue weighted by Crippen LogP contribution is 2.17. The molecule has 2 heterocycles. The lowest BCUT2D eigenvalue weighted by Gasteiger charge is -2.15. The number of carbonyl (C=O) groups excluding carboxylic acids is 1. The first kappa shape index (κ1) is 14.0. The summed E-state index contributed by atoms with van der Waals surface area (Å²) >= 11 is 0. The van der Waals surface area contributed by atoms with Gasteiger partial charge in [-0.25, -0.2) is 4.98 Å². The molecule has 2 aromatic heterocycles. The third-order valence-electron chi connectivity index (χ3n) is 2.84. The van der Waals surface area contributed by atoms with Crippen molar-refractivity contribution in [3.8, 4) is 0 Å². The minimum Gasteiger partial charge on any atom is -0.362 e. The van der Waals surface area contributed by atoms with Crippen LogP contribution in [0, 0.1) is 0 Å². The highest BCUT2D eigenvalue weighted by Gasteiger charge is 2.14. The summed E-state index contributed by atoms with van der Waals surface area (Å²) in [7, 11) is 3.71. The number of hydrogen-bond donors (Lipinski definition) is 1. The fraction of sp³-hybridized carbons (Fsp3) is 0.357. The maximum atomic E-state index is 12.3. The van der Waals surface area contributed by atoms with E-state index in [-0.39, 0.29) is 11.9 Å². The predicted molar refractivity (Wildman–Crippen MR) is 79.1 cm³/mol. The average Bonchev–Trinajstić information content (AvgIpc) is 2.87. The van der Waals surface area contributed by atoms with Crippen molar-refractivity contribution in [1.29, 1.82) is 0 Å². The minimum atomic E-state index is -0.190. The van der Waals surface area contributed by atoms with Crippen molar-refractivity contribution in [2.45, 2.75) is 19.9 Å². The number of anilines is 2. The van der Waals surface area contributed by atoms with E-state index in [4.69, 9.17) is 0 Å². The molecule has 0 atom stereocenters. The van der Waals surface area contributed by atoms with Gasteiger partial charge in [0.25, 0.3) is 5.91 Å². The first-order valence-corrected chi connectivity index (χ1v) is 6.47. The molecule has 0 aromatic carbocycles. The number of rotatable bonds is 4. The van der Waals surface area contributed by atoms with Crippen LogP contribution in [0.25, 0.3) is 0 Å². The fourth-order valence-electron chi connectivity index (χ4n) is 1.81. The molecule has 20 heavy (non-hydrogen) atoms. The van der Waals surface area contributed by atoms with Gasteiger partial charge in [-0.1, -0.05) is 0 Å². The Balaban J connectivity index is 2.19. The van der Waals surface area contributed by atoms with Gasteiger partial charge in [-0.2, -0.15) is 5.10 Å². The number of nitrogens with one attached hydrogen (secondary N) is 1. The highest BCUT2D eigenvalue weighted by molar-refractivity contribution is 6.07. The standard InChI is InChI=1S/C14H19N5O/c1-10(2)19-9-11(8-16-19)17-14(20)12-6-5-7-15-13(12)18(3)4/h5-10H,1-4H3,(H,17,20). The summed E-state index contributed by atoms with van der Waals surface area (Å²) in [4.78, 5) is 18.3. The maximum absolute atomic E-state index is 12.3. The van der Waals surface area contributed by atoms with Gasteiger partial charge in [0.1, 0.15) is 5.82 Å². The van der Waals surface area contributed by atoms with Gasteiger partial charge >= 0.3 is 0 Å². The Kier molecular flexibility index (Phi) is 4.02. The van der Waals surface area contributed by atoms with E-state index in [0.29, 0.717) is 17.1 Å². The molecule has 106 valence electrons. The van der Waals surface area contributed by atoms with Crippen LogP contribution in [0.4, 0.5) is 11.5 Å². The van der Waals surface area contributed by atoms with Crippen LogP contribution in [-0.2, 0) is 0 Å². The van der Waals surface area contributed by atoms with Gasteiger partial charge in [0.2, 0.25) is 0 Å². The largest absolute Gasteiger partial charge is 0.362 e. The van der Waals surface area contributed by atoms with Crippen molar-refractivity contribution in [3.05, 3.63) is 36.3 Å². The first-order valence-electron chi connectivity index (χ1n) is 6.47. The van der Waals surface area contributed by atoms with E-state index in [1.165, 1.54) is 0 Å². The monoisotopic (exact) mass is 273 g/mol. The Labute approximate surface area is 118 Å². The van der Waals surface area contributed by atoms with Crippen LogP contribution in [-0.4, -0.2) is 34.8 Å². The lowest BCUT2D eigenvalue weighted by atomic mass is 10.2. The first-order chi connectivity index (χ1) is 9.49. The number of pyridine rings is 1. The minimum absolute atomic E-state index is 0.190. The molecule has 6 nitrogen and oxygen atoms in total. The third-order valence-corrected chi connectivity index (χ3v) is 2.84. The fourth-order valence-corrected chi connectivity index (χ4v) is 1.81. The summed E-state index contributed by atoms with van der Waals surface area (Å²) in [6.07, 6.45) is 5.13. The highest BCUT2D eigenvalue weighted by atomic mass is 16.1. The second-order valence-corrected chi connectivity index (χ2v) is 5.03. The quantitative estimate of drug-likeness (QED) is 0.927. The topological polar surface area (TPSA) is 63.1 Å². The van der Waals surface area contributed by atoms with Gasteiger partial charge in [0, 0.05) is 32.5 Å². The molecular formula is C14H19N5O. The summed E-state index contributed by atoms with van der Waals surface area (Å²) in [6.45, 7) is 4.06. The van der Waals surface area contributed by atoms with Gasteiger partial charge < -0.3 is 10.2 Å². The van der Waals surface area contributed by atoms with Crippen LogP contribution in [0.15, 0.2) is 30.7 Å². The second-order valence-electron chi connectivity index (χ2n) is 5.03. The molecule has 0 saturated heterocycles. The number of hydrogen-bond acceptors (Lipinski definition) is 4. The Morgan fingerprint density at radius 1 is 1.40 bits per heavy atom. The zero-order valence-electron chi connectivity index (χ0n) is 12.2. The summed E-state index contributed by atoms with van der Waals surface area (Å²) in [5, 5.41) is 7.04. The van der Waals surface area contributed by atoms with Crippen molar-refractivity contribution in [2.75, 3.05) is 24.3 Å². The molecule has 0 aliphatic rings. The van der Waals surface area contributed by atoms with Gasteiger partial charge in [-0.05, 0) is 26.0 Å². The van der Waals surface area contributed by atoms with Crippen LogP contribution >= 0.6 is 0 Å². The number of nitrogens with zero attached hydrogens (tertiary/aromatic N) is 4. The smallest absolute Gasteiger partial charge is 0.259 e. The van der Waals surface area contributed by atoms with Crippen LogP contribution in [0.1, 0.15) is 30.2 Å². The van der Waals surface area contributed by atoms with Crippen molar-refractivity contribution in [2.24, 2.45) is 0 Å². The van der Waals surface area contributed by atoms with Crippen LogP contribution in [0.3, 0.4) is 0 Å². The van der Waals surface area contributed by atoms with Gasteiger partial charge in [-0.3, -0.25) is 9.48 Å². The third kappa shape index (κ3) is 2.96. The molecule has 2 aromatic rings. The Morgan fingerprint density at radius 2 is 2.15 bits per heavy atom. The maximum Gasteiger partial charge on any atom is 0.259 e. The Morgan fingerprint density at radius 3 is 2.75 bits per heavy atom. The number of carbonyl (C=O) groups is 1. The van der Waals surface area contributed by atoms with E-state index in [0.717, 1.165) is 0 Å². The SMILES string of the molecule is CC(C)n1cc(NC(=O)c2cccnc2N(C)C)cn1. The van der Waals surface area contributed by atoms with E-state index in [1.54, 1.807) is 29.2 Å². The van der Waals surface area contributed by atoms with E-state index in [2.05, 4.69) is 15.4 Å². The average molecular weight is 273 g/mol. The lowest BCUT2D eigenvalue weighted by Crippen LogP contribution is -2.19. The zero-order valence-corrected chi connectivity index (χ0v) is 12.2. The van der Waals surface area contributed by atoms with Gasteiger partial charge in [0.05, 0.1) is 17.4 Å². The van der Waals surface area contributed by atoms with E-state index in [9.17, 15) is 4.79 Å². The normalized spacial score (nSPS) is 10.7. The van der Waals surface area contributed by atoms with Crippen molar-refractivity contribution >= 4 is 17.4 Å². The van der Waals surface area contributed by atoms with Crippen molar-refractivity contribution < 1.29 is 4.79 Å². The number of amides is 1. The van der Waals surface area contributed by atoms with Crippen molar-refractivity contribution in [3.63, 3.8) is 0 Å². The lowest BCUT2D eigenvalue weighted by molar-refractivity contribution is 0.102. The summed E-state index contributed by atoms with van der Waals surface area (Å²) in [5.74, 6) is 0.450. The molecule has 0 saturated carbocycles. The van der Waals surface area contributed by atoms with Gasteiger partial charge in [0.15, 0.2) is 0 Å². The van der Waals surface area contributed by atoms with E-state index >= 15 is 0 Å². The molecule has 1 amide bonds.